The largest absolute Gasteiger partial charge is 0.480 e. The van der Waals surface area contributed by atoms with Crippen molar-refractivity contribution in [2.75, 3.05) is 0 Å². The number of imidazole rings is 1. The number of aliphatic carboxylic acids is 1. The summed E-state index contributed by atoms with van der Waals surface area (Å²) >= 11 is 0. The smallest absolute Gasteiger partial charge is 0.326 e. The molecule has 4 nitrogen and oxygen atoms in total. The van der Waals surface area contributed by atoms with E-state index in [0.29, 0.717) is 12.3 Å². The lowest BCUT2D eigenvalue weighted by atomic mass is 10.2. The molecule has 0 spiro atoms. The molecule has 1 saturated carbocycles. The monoisotopic (exact) mass is 244 g/mol. The molecule has 1 fully saturated rings. The van der Waals surface area contributed by atoms with Gasteiger partial charge in [-0.25, -0.2) is 9.78 Å². The Morgan fingerprint density at radius 3 is 2.83 bits per heavy atom. The maximum Gasteiger partial charge on any atom is 0.326 e. The number of hydrogen-bond acceptors (Lipinski definition) is 2. The highest BCUT2D eigenvalue weighted by Gasteiger charge is 2.33. The van der Waals surface area contributed by atoms with Crippen molar-refractivity contribution >= 4 is 17.0 Å². The normalized spacial score (nSPS) is 16.9. The Morgan fingerprint density at radius 1 is 1.50 bits per heavy atom. The zero-order chi connectivity index (χ0) is 12.7. The first-order valence-corrected chi connectivity index (χ1v) is 6.42. The van der Waals surface area contributed by atoms with Crippen LogP contribution in [0.5, 0.6) is 0 Å². The van der Waals surface area contributed by atoms with Crippen LogP contribution >= 0.6 is 0 Å². The number of hydrogen-bond donors (Lipinski definition) is 1. The second-order valence-corrected chi connectivity index (χ2v) is 4.87. The second-order valence-electron chi connectivity index (χ2n) is 4.87. The molecule has 1 aliphatic rings. The van der Waals surface area contributed by atoms with Crippen molar-refractivity contribution in [1.82, 2.24) is 9.55 Å². The van der Waals surface area contributed by atoms with Gasteiger partial charge < -0.3 is 9.67 Å². The Balaban J connectivity index is 2.23. The van der Waals surface area contributed by atoms with E-state index in [9.17, 15) is 9.90 Å². The van der Waals surface area contributed by atoms with Gasteiger partial charge in [0.05, 0.1) is 11.0 Å². The molecule has 0 amide bonds. The van der Waals surface area contributed by atoms with Crippen molar-refractivity contribution in [2.45, 2.75) is 38.1 Å². The standard InChI is InChI=1S/C14H16N2O2/c1-2-11(14(17)18)16-12-6-4-3-5-10(12)15-13(16)9-7-8-9/h3-6,9,11H,2,7-8H2,1H3,(H,17,18). The van der Waals surface area contributed by atoms with Crippen molar-refractivity contribution in [3.8, 4) is 0 Å². The first-order chi connectivity index (χ1) is 8.72. The highest BCUT2D eigenvalue weighted by atomic mass is 16.4. The number of rotatable bonds is 4. The molecule has 94 valence electrons. The van der Waals surface area contributed by atoms with E-state index in [1.807, 2.05) is 35.8 Å². The Hall–Kier alpha value is -1.84. The minimum absolute atomic E-state index is 0.450. The van der Waals surface area contributed by atoms with Crippen LogP contribution in [0, 0.1) is 0 Å². The quantitative estimate of drug-likeness (QED) is 0.899. The van der Waals surface area contributed by atoms with Crippen molar-refractivity contribution in [1.29, 1.82) is 0 Å². The van der Waals surface area contributed by atoms with Crippen LogP contribution in [0.4, 0.5) is 0 Å². The number of carbonyl (C=O) groups is 1. The van der Waals surface area contributed by atoms with E-state index < -0.39 is 12.0 Å². The van der Waals surface area contributed by atoms with Crippen LogP contribution < -0.4 is 0 Å². The van der Waals surface area contributed by atoms with E-state index in [1.165, 1.54) is 0 Å². The number of para-hydroxylation sites is 2. The molecule has 0 radical (unpaired) electrons. The number of nitrogens with zero attached hydrogens (tertiary/aromatic N) is 2. The van der Waals surface area contributed by atoms with Gasteiger partial charge in [-0.05, 0) is 31.4 Å². The fourth-order valence-corrected chi connectivity index (χ4v) is 2.49. The summed E-state index contributed by atoms with van der Waals surface area (Å²) in [6.07, 6.45) is 2.83. The molecule has 0 bridgehead atoms. The highest BCUT2D eigenvalue weighted by molar-refractivity contribution is 5.80. The highest BCUT2D eigenvalue weighted by Crippen LogP contribution is 2.42. The maximum absolute atomic E-state index is 11.4. The summed E-state index contributed by atoms with van der Waals surface area (Å²) in [5, 5.41) is 9.38. The molecule has 1 N–H and O–H groups in total. The molecule has 0 aliphatic heterocycles. The van der Waals surface area contributed by atoms with Crippen molar-refractivity contribution < 1.29 is 9.90 Å². The van der Waals surface area contributed by atoms with E-state index in [2.05, 4.69) is 4.98 Å². The fraction of sp³-hybridized carbons (Fsp3) is 0.429. The third-order valence-electron chi connectivity index (χ3n) is 3.55. The number of aromatic nitrogens is 2. The number of carboxylic acid groups (broad SMARTS) is 1. The number of benzene rings is 1. The van der Waals surface area contributed by atoms with Crippen LogP contribution in [0.1, 0.15) is 44.0 Å². The van der Waals surface area contributed by atoms with Gasteiger partial charge in [-0.2, -0.15) is 0 Å². The van der Waals surface area contributed by atoms with Gasteiger partial charge in [-0.1, -0.05) is 19.1 Å². The molecule has 1 unspecified atom stereocenters. The first kappa shape index (κ1) is 11.3. The summed E-state index contributed by atoms with van der Waals surface area (Å²) in [7, 11) is 0. The zero-order valence-electron chi connectivity index (χ0n) is 10.3. The third kappa shape index (κ3) is 1.68. The van der Waals surface area contributed by atoms with E-state index in [0.717, 1.165) is 29.7 Å². The molecule has 1 atom stereocenters. The summed E-state index contributed by atoms with van der Waals surface area (Å²) in [5.74, 6) is 0.624. The summed E-state index contributed by atoms with van der Waals surface area (Å²) in [6.45, 7) is 1.91. The predicted molar refractivity (Wildman–Crippen MR) is 68.7 cm³/mol. The number of fused-ring (bicyclic) bond motifs is 1. The predicted octanol–water partition coefficient (Wildman–Crippen LogP) is 2.95. The van der Waals surface area contributed by atoms with Gasteiger partial charge in [-0.15, -0.1) is 0 Å². The van der Waals surface area contributed by atoms with Gasteiger partial charge in [0.25, 0.3) is 0 Å². The van der Waals surface area contributed by atoms with Gasteiger partial charge in [0.2, 0.25) is 0 Å². The summed E-state index contributed by atoms with van der Waals surface area (Å²) in [5.41, 5.74) is 1.84. The lowest BCUT2D eigenvalue weighted by Gasteiger charge is -2.16. The zero-order valence-corrected chi connectivity index (χ0v) is 10.3. The lowest BCUT2D eigenvalue weighted by Crippen LogP contribution is -2.20. The summed E-state index contributed by atoms with van der Waals surface area (Å²) in [4.78, 5) is 16.0. The molecule has 1 aliphatic carbocycles. The van der Waals surface area contributed by atoms with Crippen LogP contribution in [-0.4, -0.2) is 20.6 Å². The molecular weight excluding hydrogens is 228 g/mol. The van der Waals surface area contributed by atoms with E-state index in [4.69, 9.17) is 0 Å². The van der Waals surface area contributed by atoms with Crippen LogP contribution in [0.2, 0.25) is 0 Å². The first-order valence-electron chi connectivity index (χ1n) is 6.42. The topological polar surface area (TPSA) is 55.1 Å². The minimum atomic E-state index is -0.775. The van der Waals surface area contributed by atoms with Crippen LogP contribution in [0.3, 0.4) is 0 Å². The van der Waals surface area contributed by atoms with Crippen molar-refractivity contribution in [3.63, 3.8) is 0 Å². The fourth-order valence-electron chi connectivity index (χ4n) is 2.49. The molecule has 2 aromatic rings. The Kier molecular flexibility index (Phi) is 2.58. The molecule has 1 heterocycles. The Morgan fingerprint density at radius 2 is 2.22 bits per heavy atom. The van der Waals surface area contributed by atoms with Gasteiger partial charge in [0, 0.05) is 5.92 Å². The molecular formula is C14H16N2O2. The second kappa shape index (κ2) is 4.12. The minimum Gasteiger partial charge on any atom is -0.480 e. The van der Waals surface area contributed by atoms with Gasteiger partial charge in [-0.3, -0.25) is 0 Å². The lowest BCUT2D eigenvalue weighted by molar-refractivity contribution is -0.140. The van der Waals surface area contributed by atoms with Gasteiger partial charge in [0.1, 0.15) is 11.9 Å². The Labute approximate surface area is 105 Å². The van der Waals surface area contributed by atoms with Crippen LogP contribution in [0.15, 0.2) is 24.3 Å². The molecule has 3 rings (SSSR count). The molecule has 4 heteroatoms. The van der Waals surface area contributed by atoms with Crippen molar-refractivity contribution in [2.24, 2.45) is 0 Å². The third-order valence-corrected chi connectivity index (χ3v) is 3.55. The molecule has 1 aromatic carbocycles. The SMILES string of the molecule is CCC(C(=O)O)n1c(C2CC2)nc2ccccc21. The molecule has 18 heavy (non-hydrogen) atoms. The average molecular weight is 244 g/mol. The molecule has 0 saturated heterocycles. The van der Waals surface area contributed by atoms with Gasteiger partial charge in [0.15, 0.2) is 0 Å². The van der Waals surface area contributed by atoms with Crippen molar-refractivity contribution in [3.05, 3.63) is 30.1 Å². The van der Waals surface area contributed by atoms with E-state index in [-0.39, 0.29) is 0 Å². The molecule has 1 aromatic heterocycles. The van der Waals surface area contributed by atoms with Crippen LogP contribution in [0.25, 0.3) is 11.0 Å². The van der Waals surface area contributed by atoms with E-state index >= 15 is 0 Å². The average Bonchev–Trinajstić information content (AvgIpc) is 3.13. The van der Waals surface area contributed by atoms with E-state index in [1.54, 1.807) is 0 Å². The maximum atomic E-state index is 11.4. The van der Waals surface area contributed by atoms with Gasteiger partial charge >= 0.3 is 5.97 Å². The summed E-state index contributed by atoms with van der Waals surface area (Å²) < 4.78 is 1.93. The van der Waals surface area contributed by atoms with Crippen LogP contribution in [-0.2, 0) is 4.79 Å². The summed E-state index contributed by atoms with van der Waals surface area (Å²) in [6, 6.07) is 7.28. The number of carboxylic acids is 1. The Bertz CT molecular complexity index is 599.